The highest BCUT2D eigenvalue weighted by molar-refractivity contribution is 5.82. The average Bonchev–Trinajstić information content (AvgIpc) is 3.01. The molecule has 0 spiro atoms. The van der Waals surface area contributed by atoms with Crippen LogP contribution in [-0.4, -0.2) is 66.9 Å². The summed E-state index contributed by atoms with van der Waals surface area (Å²) in [5, 5.41) is 5.94. The zero-order chi connectivity index (χ0) is 16.5. The molecule has 2 saturated heterocycles. The molecule has 1 aromatic carbocycles. The molecule has 3 aliphatic rings. The van der Waals surface area contributed by atoms with Crippen molar-refractivity contribution < 1.29 is 9.59 Å². The Morgan fingerprint density at radius 2 is 1.92 bits per heavy atom. The van der Waals surface area contributed by atoms with Crippen LogP contribution in [0.1, 0.15) is 5.56 Å². The van der Waals surface area contributed by atoms with Crippen LogP contribution in [0.2, 0.25) is 0 Å². The van der Waals surface area contributed by atoms with Crippen LogP contribution in [0.25, 0.3) is 0 Å². The molecule has 4 rings (SSSR count). The smallest absolute Gasteiger partial charge is 0.234 e. The summed E-state index contributed by atoms with van der Waals surface area (Å²) >= 11 is 0. The predicted octanol–water partition coefficient (Wildman–Crippen LogP) is -0.335. The van der Waals surface area contributed by atoms with Crippen LogP contribution >= 0.6 is 0 Å². The molecule has 1 aliphatic carbocycles. The van der Waals surface area contributed by atoms with Crippen LogP contribution in [0.15, 0.2) is 30.3 Å². The van der Waals surface area contributed by atoms with Crippen molar-refractivity contribution in [3.63, 3.8) is 0 Å². The Morgan fingerprint density at radius 1 is 1.17 bits per heavy atom. The van der Waals surface area contributed by atoms with Gasteiger partial charge in [-0.1, -0.05) is 30.3 Å². The first-order valence-corrected chi connectivity index (χ1v) is 8.74. The van der Waals surface area contributed by atoms with Gasteiger partial charge in [0.2, 0.25) is 11.8 Å². The number of amides is 2. The van der Waals surface area contributed by atoms with Gasteiger partial charge < -0.3 is 10.6 Å². The Labute approximate surface area is 142 Å². The van der Waals surface area contributed by atoms with Crippen molar-refractivity contribution in [1.29, 1.82) is 0 Å². The van der Waals surface area contributed by atoms with Crippen LogP contribution < -0.4 is 10.6 Å². The normalized spacial score (nSPS) is 29.8. The number of carbonyl (C=O) groups is 2. The Bertz CT molecular complexity index is 609. The first kappa shape index (κ1) is 15.6. The summed E-state index contributed by atoms with van der Waals surface area (Å²) in [4.78, 5) is 27.9. The number of benzene rings is 1. The molecule has 24 heavy (non-hydrogen) atoms. The number of piperazine rings is 1. The molecule has 3 atom stereocenters. The van der Waals surface area contributed by atoms with Gasteiger partial charge in [0.05, 0.1) is 13.1 Å². The second-order valence-electron chi connectivity index (χ2n) is 7.16. The number of rotatable bonds is 5. The first-order valence-electron chi connectivity index (χ1n) is 8.74. The number of nitrogens with one attached hydrogen (secondary N) is 2. The third-order valence-corrected chi connectivity index (χ3v) is 5.33. The van der Waals surface area contributed by atoms with E-state index in [1.54, 1.807) is 0 Å². The molecule has 128 valence electrons. The highest BCUT2D eigenvalue weighted by Crippen LogP contribution is 2.45. The minimum Gasteiger partial charge on any atom is -0.354 e. The van der Waals surface area contributed by atoms with Gasteiger partial charge in [-0.3, -0.25) is 19.4 Å². The number of nitrogens with zero attached hydrogens (tertiary/aromatic N) is 2. The maximum Gasteiger partial charge on any atom is 0.234 e. The molecule has 6 heteroatoms. The van der Waals surface area contributed by atoms with Gasteiger partial charge in [0.15, 0.2) is 0 Å². The topological polar surface area (TPSA) is 64.7 Å². The Morgan fingerprint density at radius 3 is 2.62 bits per heavy atom. The second-order valence-corrected chi connectivity index (χ2v) is 7.16. The third-order valence-electron chi connectivity index (χ3n) is 5.33. The molecule has 6 nitrogen and oxygen atoms in total. The lowest BCUT2D eigenvalue weighted by molar-refractivity contribution is -0.127. The van der Waals surface area contributed by atoms with Crippen LogP contribution in [0.3, 0.4) is 0 Å². The standard InChI is InChI=1S/C18H24N4O2/c23-16-11-21(7-6-19-16)12-17(24)20-18-14-9-22(10-15(14)18)8-13-4-2-1-3-5-13/h1-5,14-15,18H,6-12H2,(H,19,23)(H,20,24)/t14-,15+,18?. The predicted molar refractivity (Wildman–Crippen MR) is 90.1 cm³/mol. The van der Waals surface area contributed by atoms with Crippen LogP contribution in [-0.2, 0) is 16.1 Å². The van der Waals surface area contributed by atoms with Gasteiger partial charge in [0.1, 0.15) is 0 Å². The molecular formula is C18H24N4O2. The van der Waals surface area contributed by atoms with Crippen molar-refractivity contribution in [3.8, 4) is 0 Å². The summed E-state index contributed by atoms with van der Waals surface area (Å²) in [7, 11) is 0. The van der Waals surface area contributed by atoms with Crippen molar-refractivity contribution in [2.45, 2.75) is 12.6 Å². The maximum absolute atomic E-state index is 12.2. The summed E-state index contributed by atoms with van der Waals surface area (Å²) in [5.74, 6) is 1.26. The first-order chi connectivity index (χ1) is 11.7. The van der Waals surface area contributed by atoms with Crippen molar-refractivity contribution in [1.82, 2.24) is 20.4 Å². The van der Waals surface area contributed by atoms with Crippen LogP contribution in [0.4, 0.5) is 0 Å². The largest absolute Gasteiger partial charge is 0.354 e. The highest BCUT2D eigenvalue weighted by atomic mass is 16.2. The molecule has 2 aliphatic heterocycles. The number of fused-ring (bicyclic) bond motifs is 1. The Balaban J connectivity index is 1.20. The van der Waals surface area contributed by atoms with E-state index >= 15 is 0 Å². The zero-order valence-corrected chi connectivity index (χ0v) is 13.8. The van der Waals surface area contributed by atoms with E-state index in [1.807, 2.05) is 11.0 Å². The molecule has 1 saturated carbocycles. The average molecular weight is 328 g/mol. The van der Waals surface area contributed by atoms with E-state index in [4.69, 9.17) is 0 Å². The second kappa shape index (κ2) is 6.53. The number of hydrogen-bond donors (Lipinski definition) is 2. The molecule has 0 radical (unpaired) electrons. The van der Waals surface area contributed by atoms with Gasteiger partial charge >= 0.3 is 0 Å². The molecule has 2 amide bonds. The van der Waals surface area contributed by atoms with Crippen molar-refractivity contribution in [2.24, 2.45) is 11.8 Å². The van der Waals surface area contributed by atoms with E-state index in [0.29, 0.717) is 37.5 Å². The van der Waals surface area contributed by atoms with Crippen molar-refractivity contribution in [3.05, 3.63) is 35.9 Å². The Hall–Kier alpha value is -1.92. The van der Waals surface area contributed by atoms with E-state index in [0.717, 1.165) is 26.2 Å². The van der Waals surface area contributed by atoms with Crippen LogP contribution in [0.5, 0.6) is 0 Å². The fraction of sp³-hybridized carbons (Fsp3) is 0.556. The summed E-state index contributed by atoms with van der Waals surface area (Å²) < 4.78 is 0. The molecule has 3 fully saturated rings. The van der Waals surface area contributed by atoms with Gasteiger partial charge in [-0.15, -0.1) is 0 Å². The number of piperidine rings is 1. The molecule has 1 aromatic rings. The van der Waals surface area contributed by atoms with Crippen molar-refractivity contribution in [2.75, 3.05) is 39.3 Å². The van der Waals surface area contributed by atoms with E-state index < -0.39 is 0 Å². The molecular weight excluding hydrogens is 304 g/mol. The summed E-state index contributed by atoms with van der Waals surface area (Å²) in [6.45, 7) is 5.17. The lowest BCUT2D eigenvalue weighted by atomic mass is 10.2. The molecule has 0 bridgehead atoms. The minimum absolute atomic E-state index is 0.00824. The summed E-state index contributed by atoms with van der Waals surface area (Å²) in [5.41, 5.74) is 1.35. The quantitative estimate of drug-likeness (QED) is 0.777. The third kappa shape index (κ3) is 3.44. The lowest BCUT2D eigenvalue weighted by Crippen LogP contribution is -2.51. The Kier molecular flexibility index (Phi) is 4.24. The van der Waals surface area contributed by atoms with Gasteiger partial charge in [0, 0.05) is 38.8 Å². The van der Waals surface area contributed by atoms with Crippen LogP contribution in [0, 0.1) is 11.8 Å². The van der Waals surface area contributed by atoms with E-state index in [-0.39, 0.29) is 11.8 Å². The van der Waals surface area contributed by atoms with E-state index in [1.165, 1.54) is 5.56 Å². The summed E-state index contributed by atoms with van der Waals surface area (Å²) in [6.07, 6.45) is 0. The lowest BCUT2D eigenvalue weighted by Gasteiger charge is -2.26. The molecule has 2 heterocycles. The molecule has 0 aromatic heterocycles. The zero-order valence-electron chi connectivity index (χ0n) is 13.8. The molecule has 1 unspecified atom stereocenters. The van der Waals surface area contributed by atoms with Gasteiger partial charge in [0.25, 0.3) is 0 Å². The van der Waals surface area contributed by atoms with E-state index in [2.05, 4.69) is 39.8 Å². The van der Waals surface area contributed by atoms with Gasteiger partial charge in [-0.2, -0.15) is 0 Å². The number of carbonyl (C=O) groups excluding carboxylic acids is 2. The fourth-order valence-corrected chi connectivity index (χ4v) is 4.06. The summed E-state index contributed by atoms with van der Waals surface area (Å²) in [6, 6.07) is 10.9. The monoisotopic (exact) mass is 328 g/mol. The molecule has 2 N–H and O–H groups in total. The fourth-order valence-electron chi connectivity index (χ4n) is 4.06. The highest BCUT2D eigenvalue weighted by Gasteiger charge is 2.56. The number of hydrogen-bond acceptors (Lipinski definition) is 4. The van der Waals surface area contributed by atoms with Crippen molar-refractivity contribution >= 4 is 11.8 Å². The maximum atomic E-state index is 12.2. The SMILES string of the molecule is O=C1CN(CC(=O)NC2[C@H]3CN(Cc4ccccc4)C[C@@H]23)CCN1. The van der Waals surface area contributed by atoms with E-state index in [9.17, 15) is 9.59 Å². The van der Waals surface area contributed by atoms with Gasteiger partial charge in [-0.25, -0.2) is 0 Å². The van der Waals surface area contributed by atoms with Gasteiger partial charge in [-0.05, 0) is 17.4 Å². The number of likely N-dealkylation sites (tertiary alicyclic amines) is 1. The minimum atomic E-state index is 0.00824.